The van der Waals surface area contributed by atoms with Gasteiger partial charge in [-0.2, -0.15) is 13.2 Å². The molecule has 10 heteroatoms. The largest absolute Gasteiger partial charge is 0.489 e. The summed E-state index contributed by atoms with van der Waals surface area (Å²) >= 11 is 6.73. The number of nitrogens with zero attached hydrogens (tertiary/aromatic N) is 2. The summed E-state index contributed by atoms with van der Waals surface area (Å²) in [6, 6.07) is 6.68. The van der Waals surface area contributed by atoms with Gasteiger partial charge in [0.25, 0.3) is 0 Å². The number of benzene rings is 1. The van der Waals surface area contributed by atoms with Crippen molar-refractivity contribution in [2.75, 3.05) is 26.0 Å². The van der Waals surface area contributed by atoms with Crippen LogP contribution in [0.15, 0.2) is 41.6 Å². The van der Waals surface area contributed by atoms with Gasteiger partial charge in [0.1, 0.15) is 11.6 Å². The molecule has 0 saturated carbocycles. The van der Waals surface area contributed by atoms with Crippen molar-refractivity contribution in [3.05, 3.63) is 52.9 Å². The van der Waals surface area contributed by atoms with Gasteiger partial charge >= 0.3 is 6.18 Å². The number of pyridine rings is 1. The number of para-hydroxylation sites is 1. The van der Waals surface area contributed by atoms with E-state index in [0.717, 1.165) is 17.8 Å². The van der Waals surface area contributed by atoms with Crippen molar-refractivity contribution in [2.24, 2.45) is 0 Å². The van der Waals surface area contributed by atoms with Crippen LogP contribution in [-0.2, 0) is 11.0 Å². The molecule has 27 heavy (non-hydrogen) atoms. The first-order chi connectivity index (χ1) is 12.7. The van der Waals surface area contributed by atoms with Gasteiger partial charge in [-0.15, -0.1) is 0 Å². The zero-order valence-electron chi connectivity index (χ0n) is 14.1. The van der Waals surface area contributed by atoms with E-state index < -0.39 is 17.6 Å². The minimum atomic E-state index is -4.53. The lowest BCUT2D eigenvalue weighted by atomic mass is 10.3. The van der Waals surface area contributed by atoms with E-state index in [9.17, 15) is 22.4 Å². The van der Waals surface area contributed by atoms with Gasteiger partial charge in [0.15, 0.2) is 11.6 Å². The summed E-state index contributed by atoms with van der Waals surface area (Å²) in [5.74, 6) is -0.762. The molecule has 0 N–H and O–H groups in total. The molecule has 0 aliphatic heterocycles. The van der Waals surface area contributed by atoms with Gasteiger partial charge in [0.2, 0.25) is 5.91 Å². The Bertz CT molecular complexity index is 805. The average Bonchev–Trinajstić information content (AvgIpc) is 2.61. The highest BCUT2D eigenvalue weighted by molar-refractivity contribution is 8.00. The number of hydrogen-bond donors (Lipinski definition) is 0. The standard InChI is InChI=1S/C17H15ClF4N2O2S/c1-24(6-7-26-14-5-3-2-4-13(14)19)15(25)10-27-16-12(18)8-11(9-23-16)17(20,21)22/h2-5,8-9H,6-7,10H2,1H3. The molecule has 0 bridgehead atoms. The third kappa shape index (κ3) is 6.28. The van der Waals surface area contributed by atoms with E-state index in [0.29, 0.717) is 6.20 Å². The molecule has 4 nitrogen and oxygen atoms in total. The van der Waals surface area contributed by atoms with Gasteiger partial charge in [-0.25, -0.2) is 9.37 Å². The highest BCUT2D eigenvalue weighted by Gasteiger charge is 2.31. The molecule has 0 aliphatic carbocycles. The highest BCUT2D eigenvalue weighted by Crippen LogP contribution is 2.33. The highest BCUT2D eigenvalue weighted by atomic mass is 35.5. The van der Waals surface area contributed by atoms with Gasteiger partial charge in [-0.05, 0) is 18.2 Å². The second kappa shape index (κ2) is 9.27. The number of carbonyl (C=O) groups excluding carboxylic acids is 1. The molecule has 0 aliphatic rings. The number of halogens is 5. The van der Waals surface area contributed by atoms with E-state index in [1.54, 1.807) is 6.07 Å². The molecule has 0 unspecified atom stereocenters. The Balaban J connectivity index is 1.82. The third-order valence-electron chi connectivity index (χ3n) is 3.41. The molecule has 0 fully saturated rings. The Morgan fingerprint density at radius 2 is 2.04 bits per heavy atom. The first kappa shape index (κ1) is 21.3. The second-order valence-electron chi connectivity index (χ2n) is 5.39. The molecule has 0 radical (unpaired) electrons. The van der Waals surface area contributed by atoms with Crippen molar-refractivity contribution < 1.29 is 27.1 Å². The monoisotopic (exact) mass is 422 g/mol. The van der Waals surface area contributed by atoms with Crippen LogP contribution in [-0.4, -0.2) is 41.7 Å². The number of carbonyl (C=O) groups is 1. The summed E-state index contributed by atoms with van der Waals surface area (Å²) in [7, 11) is 1.54. The van der Waals surface area contributed by atoms with Gasteiger partial charge in [-0.1, -0.05) is 35.5 Å². The van der Waals surface area contributed by atoms with Crippen molar-refractivity contribution in [1.82, 2.24) is 9.88 Å². The predicted octanol–water partition coefficient (Wildman–Crippen LogP) is 4.52. The molecule has 1 aromatic heterocycles. The lowest BCUT2D eigenvalue weighted by Crippen LogP contribution is -2.32. The van der Waals surface area contributed by atoms with Gasteiger partial charge < -0.3 is 9.64 Å². The molecule has 0 atom stereocenters. The van der Waals surface area contributed by atoms with E-state index in [4.69, 9.17) is 16.3 Å². The van der Waals surface area contributed by atoms with Crippen LogP contribution < -0.4 is 4.74 Å². The van der Waals surface area contributed by atoms with Crippen LogP contribution in [0.5, 0.6) is 5.75 Å². The van der Waals surface area contributed by atoms with E-state index in [-0.39, 0.29) is 40.6 Å². The molecular weight excluding hydrogens is 408 g/mol. The number of amides is 1. The molecular formula is C17H15ClF4N2O2S. The maximum Gasteiger partial charge on any atom is 0.417 e. The van der Waals surface area contributed by atoms with Gasteiger partial charge in [-0.3, -0.25) is 4.79 Å². The van der Waals surface area contributed by atoms with Gasteiger partial charge in [0.05, 0.1) is 22.9 Å². The number of ether oxygens (including phenoxy) is 1. The maximum atomic E-state index is 13.4. The smallest absolute Gasteiger partial charge is 0.417 e. The predicted molar refractivity (Wildman–Crippen MR) is 94.5 cm³/mol. The fourth-order valence-electron chi connectivity index (χ4n) is 1.91. The van der Waals surface area contributed by atoms with Crippen LogP contribution in [0.1, 0.15) is 5.56 Å². The van der Waals surface area contributed by atoms with Crippen LogP contribution in [0.4, 0.5) is 17.6 Å². The fraction of sp³-hybridized carbons (Fsp3) is 0.294. The molecule has 2 rings (SSSR count). The zero-order valence-corrected chi connectivity index (χ0v) is 15.7. The normalized spacial score (nSPS) is 11.3. The number of alkyl halides is 3. The number of likely N-dealkylation sites (N-methyl/N-ethyl adjacent to an activating group) is 1. The van der Waals surface area contributed by atoms with Crippen molar-refractivity contribution in [1.29, 1.82) is 0 Å². The van der Waals surface area contributed by atoms with E-state index in [1.165, 1.54) is 30.1 Å². The van der Waals surface area contributed by atoms with E-state index >= 15 is 0 Å². The first-order valence-electron chi connectivity index (χ1n) is 7.65. The maximum absolute atomic E-state index is 13.4. The summed E-state index contributed by atoms with van der Waals surface area (Å²) in [5, 5.41) is -0.0396. The SMILES string of the molecule is CN(CCOc1ccccc1F)C(=O)CSc1ncc(C(F)(F)F)cc1Cl. The zero-order chi connectivity index (χ0) is 20.0. The number of aromatic nitrogens is 1. The van der Waals surface area contributed by atoms with Crippen molar-refractivity contribution >= 4 is 29.3 Å². The summed E-state index contributed by atoms with van der Waals surface area (Å²) in [4.78, 5) is 17.1. The van der Waals surface area contributed by atoms with Crippen LogP contribution in [0.25, 0.3) is 0 Å². The second-order valence-corrected chi connectivity index (χ2v) is 6.76. The van der Waals surface area contributed by atoms with Crippen LogP contribution >= 0.6 is 23.4 Å². The van der Waals surface area contributed by atoms with Crippen LogP contribution in [0.3, 0.4) is 0 Å². The fourth-order valence-corrected chi connectivity index (χ4v) is 3.04. The Labute approximate surface area is 162 Å². The Kier molecular flexibility index (Phi) is 7.32. The molecule has 1 heterocycles. The number of hydrogen-bond acceptors (Lipinski definition) is 4. The Hall–Kier alpha value is -2.00. The quantitative estimate of drug-likeness (QED) is 0.486. The summed E-state index contributed by atoms with van der Waals surface area (Å²) in [6.45, 7) is 0.301. The average molecular weight is 423 g/mol. The minimum absolute atomic E-state index is 0.0612. The number of rotatable bonds is 7. The molecule has 0 spiro atoms. The van der Waals surface area contributed by atoms with Crippen molar-refractivity contribution in [2.45, 2.75) is 11.2 Å². The third-order valence-corrected chi connectivity index (χ3v) is 4.80. The lowest BCUT2D eigenvalue weighted by Gasteiger charge is -2.17. The number of thioether (sulfide) groups is 1. The molecule has 2 aromatic rings. The summed E-state index contributed by atoms with van der Waals surface area (Å²) in [5.41, 5.74) is -0.953. The van der Waals surface area contributed by atoms with Crippen LogP contribution in [0, 0.1) is 5.82 Å². The molecule has 1 amide bonds. The van der Waals surface area contributed by atoms with Gasteiger partial charge in [0, 0.05) is 13.2 Å². The first-order valence-corrected chi connectivity index (χ1v) is 9.01. The van der Waals surface area contributed by atoms with Crippen LogP contribution in [0.2, 0.25) is 5.02 Å². The summed E-state index contributed by atoms with van der Waals surface area (Å²) < 4.78 is 56.4. The lowest BCUT2D eigenvalue weighted by molar-refractivity contribution is -0.137. The Morgan fingerprint density at radius 3 is 2.67 bits per heavy atom. The topological polar surface area (TPSA) is 42.4 Å². The van der Waals surface area contributed by atoms with Crippen molar-refractivity contribution in [3.63, 3.8) is 0 Å². The minimum Gasteiger partial charge on any atom is -0.489 e. The summed E-state index contributed by atoms with van der Waals surface area (Å²) in [6.07, 6.45) is -3.86. The van der Waals surface area contributed by atoms with E-state index in [2.05, 4.69) is 4.98 Å². The van der Waals surface area contributed by atoms with E-state index in [1.807, 2.05) is 0 Å². The molecule has 0 saturated heterocycles. The Morgan fingerprint density at radius 1 is 1.33 bits per heavy atom. The molecule has 146 valence electrons. The molecule has 1 aromatic carbocycles. The van der Waals surface area contributed by atoms with Crippen molar-refractivity contribution in [3.8, 4) is 5.75 Å².